The molecule has 9 atom stereocenters. The van der Waals surface area contributed by atoms with Crippen molar-refractivity contribution < 1.29 is 10.2 Å². The van der Waals surface area contributed by atoms with Crippen molar-refractivity contribution in [1.29, 1.82) is 0 Å². The minimum atomic E-state index is -0.0972. The Balaban J connectivity index is 1.47. The molecule has 30 heavy (non-hydrogen) atoms. The third-order valence-corrected chi connectivity index (χ3v) is 10.8. The van der Waals surface area contributed by atoms with Gasteiger partial charge in [-0.3, -0.25) is 0 Å². The number of hydrogen-bond acceptors (Lipinski definition) is 2. The van der Waals surface area contributed by atoms with Crippen molar-refractivity contribution in [1.82, 2.24) is 0 Å². The SMILES string of the molecule is C[C@H](CO)CCC[C@@H](C)[C@H]1CC[C@H]2[C@H]3CCC=C4C[C@@H](O)CC[C@]4(C)[C@H]3CC[C@]12C. The van der Waals surface area contributed by atoms with E-state index in [9.17, 15) is 10.2 Å². The van der Waals surface area contributed by atoms with Gasteiger partial charge in [-0.1, -0.05) is 52.2 Å². The van der Waals surface area contributed by atoms with Crippen LogP contribution in [0.1, 0.15) is 105 Å². The second-order valence-electron chi connectivity index (χ2n) is 12.4. The van der Waals surface area contributed by atoms with Gasteiger partial charge >= 0.3 is 0 Å². The molecule has 0 aromatic rings. The number of fused-ring (bicyclic) bond motifs is 5. The fourth-order valence-corrected chi connectivity index (χ4v) is 8.94. The minimum Gasteiger partial charge on any atom is -0.396 e. The van der Waals surface area contributed by atoms with E-state index in [4.69, 9.17) is 0 Å². The molecule has 4 aliphatic rings. The van der Waals surface area contributed by atoms with Crippen molar-refractivity contribution in [3.8, 4) is 0 Å². The van der Waals surface area contributed by atoms with Crippen molar-refractivity contribution in [3.05, 3.63) is 11.6 Å². The van der Waals surface area contributed by atoms with E-state index in [1.54, 1.807) is 5.57 Å². The summed E-state index contributed by atoms with van der Waals surface area (Å²) < 4.78 is 0. The van der Waals surface area contributed by atoms with Gasteiger partial charge in [-0.25, -0.2) is 0 Å². The van der Waals surface area contributed by atoms with E-state index >= 15 is 0 Å². The molecule has 4 aliphatic carbocycles. The van der Waals surface area contributed by atoms with Crippen LogP contribution in [0.2, 0.25) is 0 Å². The fraction of sp³-hybridized carbons (Fsp3) is 0.929. The molecule has 172 valence electrons. The van der Waals surface area contributed by atoms with Gasteiger partial charge in [0.05, 0.1) is 6.10 Å². The molecule has 0 radical (unpaired) electrons. The molecule has 2 heteroatoms. The molecule has 0 heterocycles. The number of allylic oxidation sites excluding steroid dienone is 1. The Morgan fingerprint density at radius 3 is 2.57 bits per heavy atom. The van der Waals surface area contributed by atoms with E-state index in [0.717, 1.165) is 42.4 Å². The largest absolute Gasteiger partial charge is 0.396 e. The van der Waals surface area contributed by atoms with E-state index < -0.39 is 0 Å². The molecule has 0 saturated heterocycles. The lowest BCUT2D eigenvalue weighted by Crippen LogP contribution is -2.48. The summed E-state index contributed by atoms with van der Waals surface area (Å²) in [5.74, 6) is 4.82. The van der Waals surface area contributed by atoms with Crippen molar-refractivity contribution in [2.75, 3.05) is 6.61 Å². The van der Waals surface area contributed by atoms with Gasteiger partial charge < -0.3 is 10.2 Å². The highest BCUT2D eigenvalue weighted by molar-refractivity contribution is 5.23. The summed E-state index contributed by atoms with van der Waals surface area (Å²) in [5.41, 5.74) is 2.50. The Hall–Kier alpha value is -0.340. The minimum absolute atomic E-state index is 0.0972. The molecule has 4 rings (SSSR count). The highest BCUT2D eigenvalue weighted by Gasteiger charge is 2.58. The Kier molecular flexibility index (Phi) is 6.77. The standard InChI is InChI=1S/C28H48O2/c1-19(18-29)7-5-8-20(2)24-11-12-25-23-10-6-9-21-17-22(30)13-15-27(21,3)26(23)14-16-28(24,25)4/h9,19-20,22-26,29-30H,5-8,10-18H2,1-4H3/t19-,20+,22-,23+,24+,25-,26-,27-,28+/m0/s1. The van der Waals surface area contributed by atoms with Gasteiger partial charge in [0, 0.05) is 6.61 Å². The third-order valence-electron chi connectivity index (χ3n) is 10.8. The maximum absolute atomic E-state index is 10.3. The zero-order chi connectivity index (χ0) is 21.5. The van der Waals surface area contributed by atoms with Gasteiger partial charge in [0.15, 0.2) is 0 Å². The van der Waals surface area contributed by atoms with Crippen LogP contribution in [0.4, 0.5) is 0 Å². The van der Waals surface area contributed by atoms with Crippen LogP contribution in [-0.2, 0) is 0 Å². The Bertz CT molecular complexity index is 626. The zero-order valence-corrected chi connectivity index (χ0v) is 20.2. The second kappa shape index (κ2) is 8.89. The highest BCUT2D eigenvalue weighted by Crippen LogP contribution is 2.66. The van der Waals surface area contributed by atoms with Gasteiger partial charge in [0.25, 0.3) is 0 Å². The predicted molar refractivity (Wildman–Crippen MR) is 125 cm³/mol. The van der Waals surface area contributed by atoms with Crippen LogP contribution < -0.4 is 0 Å². The smallest absolute Gasteiger partial charge is 0.0577 e. The molecule has 0 aromatic carbocycles. The Morgan fingerprint density at radius 1 is 1.00 bits per heavy atom. The van der Waals surface area contributed by atoms with E-state index in [-0.39, 0.29) is 6.10 Å². The first-order valence-corrected chi connectivity index (χ1v) is 13.3. The first kappa shape index (κ1) is 22.8. The van der Waals surface area contributed by atoms with E-state index in [1.165, 1.54) is 64.2 Å². The summed E-state index contributed by atoms with van der Waals surface area (Å²) >= 11 is 0. The molecule has 0 bridgehead atoms. The predicted octanol–water partition coefficient (Wildman–Crippen LogP) is 6.75. The fourth-order valence-electron chi connectivity index (χ4n) is 8.94. The lowest BCUT2D eigenvalue weighted by atomic mass is 9.49. The summed E-state index contributed by atoms with van der Waals surface area (Å²) in [4.78, 5) is 0. The van der Waals surface area contributed by atoms with Gasteiger partial charge in [0.2, 0.25) is 0 Å². The molecule has 3 saturated carbocycles. The summed E-state index contributed by atoms with van der Waals surface area (Å²) in [5, 5.41) is 19.6. The highest BCUT2D eigenvalue weighted by atomic mass is 16.3. The number of aliphatic hydroxyl groups is 2. The van der Waals surface area contributed by atoms with Crippen LogP contribution in [-0.4, -0.2) is 22.9 Å². The van der Waals surface area contributed by atoms with Crippen LogP contribution in [0.25, 0.3) is 0 Å². The molecule has 0 aromatic heterocycles. The Morgan fingerprint density at radius 2 is 1.80 bits per heavy atom. The monoisotopic (exact) mass is 416 g/mol. The Labute approximate surface area is 185 Å². The molecule has 0 spiro atoms. The average molecular weight is 417 g/mol. The van der Waals surface area contributed by atoms with Gasteiger partial charge in [0.1, 0.15) is 0 Å². The number of rotatable bonds is 6. The van der Waals surface area contributed by atoms with Crippen molar-refractivity contribution in [2.45, 2.75) is 111 Å². The topological polar surface area (TPSA) is 40.5 Å². The third kappa shape index (κ3) is 3.94. The summed E-state index contributed by atoms with van der Waals surface area (Å²) in [6, 6.07) is 0. The van der Waals surface area contributed by atoms with E-state index in [0.29, 0.717) is 23.4 Å². The summed E-state index contributed by atoms with van der Waals surface area (Å²) in [6.07, 6.45) is 17.7. The molecular weight excluding hydrogens is 368 g/mol. The summed E-state index contributed by atoms with van der Waals surface area (Å²) in [6.45, 7) is 10.3. The second-order valence-corrected chi connectivity index (χ2v) is 12.4. The van der Waals surface area contributed by atoms with E-state index in [1.807, 2.05) is 0 Å². The van der Waals surface area contributed by atoms with Crippen LogP contribution in [0.5, 0.6) is 0 Å². The molecule has 0 aliphatic heterocycles. The lowest BCUT2D eigenvalue weighted by Gasteiger charge is -2.55. The molecule has 0 unspecified atom stereocenters. The van der Waals surface area contributed by atoms with Gasteiger partial charge in [-0.2, -0.15) is 0 Å². The van der Waals surface area contributed by atoms with Gasteiger partial charge in [-0.15, -0.1) is 0 Å². The molecular formula is C28H48O2. The summed E-state index contributed by atoms with van der Waals surface area (Å²) in [7, 11) is 0. The van der Waals surface area contributed by atoms with Crippen molar-refractivity contribution in [2.24, 2.45) is 46.3 Å². The number of hydrogen-bond donors (Lipinski definition) is 2. The van der Waals surface area contributed by atoms with Crippen molar-refractivity contribution >= 4 is 0 Å². The quantitative estimate of drug-likeness (QED) is 0.470. The van der Waals surface area contributed by atoms with Crippen LogP contribution in [0.15, 0.2) is 11.6 Å². The molecule has 2 N–H and O–H groups in total. The first-order valence-electron chi connectivity index (χ1n) is 13.3. The van der Waals surface area contributed by atoms with Crippen LogP contribution >= 0.6 is 0 Å². The normalized spacial score (nSPS) is 45.5. The molecule has 3 fully saturated rings. The maximum atomic E-state index is 10.3. The average Bonchev–Trinajstić information content (AvgIpc) is 3.00. The lowest BCUT2D eigenvalue weighted by molar-refractivity contribution is -0.0506. The van der Waals surface area contributed by atoms with Gasteiger partial charge in [-0.05, 0) is 111 Å². The number of aliphatic hydroxyl groups excluding tert-OH is 2. The first-order chi connectivity index (χ1) is 14.3. The van der Waals surface area contributed by atoms with E-state index in [2.05, 4.69) is 33.8 Å². The molecule has 0 amide bonds. The molecule has 2 nitrogen and oxygen atoms in total. The zero-order valence-electron chi connectivity index (χ0n) is 20.2. The van der Waals surface area contributed by atoms with Crippen molar-refractivity contribution in [3.63, 3.8) is 0 Å². The van der Waals surface area contributed by atoms with Crippen LogP contribution in [0.3, 0.4) is 0 Å². The van der Waals surface area contributed by atoms with Crippen LogP contribution in [0, 0.1) is 46.3 Å². The maximum Gasteiger partial charge on any atom is 0.0577 e.